The zero-order chi connectivity index (χ0) is 43.8. The summed E-state index contributed by atoms with van der Waals surface area (Å²) in [5.41, 5.74) is 4.79. The number of para-hydroxylation sites is 4. The first kappa shape index (κ1) is 46.2. The van der Waals surface area contributed by atoms with Crippen molar-refractivity contribution in [2.75, 3.05) is 76.9 Å². The summed E-state index contributed by atoms with van der Waals surface area (Å²) < 4.78 is 10.2. The Morgan fingerprint density at radius 1 is 0.639 bits per heavy atom. The van der Waals surface area contributed by atoms with E-state index < -0.39 is 18.2 Å². The molecule has 6 rings (SSSR count). The third-order valence-electron chi connectivity index (χ3n) is 8.57. The van der Waals surface area contributed by atoms with Crippen molar-refractivity contribution in [3.05, 3.63) is 133 Å². The molecule has 61 heavy (non-hydrogen) atoms. The summed E-state index contributed by atoms with van der Waals surface area (Å²) in [7, 11) is 3.12. The van der Waals surface area contributed by atoms with E-state index in [0.29, 0.717) is 30.2 Å². The van der Waals surface area contributed by atoms with E-state index in [1.165, 1.54) is 33.9 Å². The van der Waals surface area contributed by atoms with Crippen LogP contribution in [-0.2, 0) is 19.1 Å². The molecule has 320 valence electrons. The van der Waals surface area contributed by atoms with Crippen LogP contribution in [0.15, 0.2) is 121 Å². The average Bonchev–Trinajstić information content (AvgIpc) is 3.90. The molecule has 2 aromatic heterocycles. The van der Waals surface area contributed by atoms with Crippen molar-refractivity contribution >= 4 is 69.4 Å². The number of aromatic amines is 2. The lowest BCUT2D eigenvalue weighted by atomic mass is 10.2. The first-order valence-corrected chi connectivity index (χ1v) is 19.2. The molecule has 3 amide bonds. The summed E-state index contributed by atoms with van der Waals surface area (Å²) in [4.78, 5) is 50.6. The number of hydrogen-bond acceptors (Lipinski definition) is 11. The number of rotatable bonds is 16. The highest BCUT2D eigenvalue weighted by atomic mass is 16.6. The summed E-state index contributed by atoms with van der Waals surface area (Å²) in [6.45, 7) is 1.32. The lowest BCUT2D eigenvalue weighted by molar-refractivity contribution is -0.131. The van der Waals surface area contributed by atoms with E-state index in [-0.39, 0.29) is 45.4 Å². The Morgan fingerprint density at radius 2 is 1.11 bits per heavy atom. The molecule has 6 aromatic rings. The Balaban J connectivity index is 0.000000222. The lowest BCUT2D eigenvalue weighted by Gasteiger charge is -2.22. The van der Waals surface area contributed by atoms with Crippen molar-refractivity contribution in [1.82, 2.24) is 30.2 Å². The highest BCUT2D eigenvalue weighted by Gasteiger charge is 2.16. The number of aromatic nitrogens is 4. The predicted molar refractivity (Wildman–Crippen MR) is 234 cm³/mol. The van der Waals surface area contributed by atoms with E-state index in [9.17, 15) is 19.2 Å². The Labute approximate surface area is 352 Å². The molecule has 0 bridgehead atoms. The minimum Gasteiger partial charge on any atom is -0.478 e. The summed E-state index contributed by atoms with van der Waals surface area (Å²) in [5, 5.41) is 45.0. The van der Waals surface area contributed by atoms with Crippen LogP contribution in [0.3, 0.4) is 0 Å². The quantitative estimate of drug-likeness (QED) is 0.0526. The molecule has 0 fully saturated rings. The number of carboxylic acid groups (broad SMARTS) is 1. The fourth-order valence-electron chi connectivity index (χ4n) is 5.41. The van der Waals surface area contributed by atoms with Crippen LogP contribution in [0.25, 0.3) is 34.0 Å². The van der Waals surface area contributed by atoms with Gasteiger partial charge in [-0.1, -0.05) is 72.8 Å². The molecular weight excluding hydrogens is 785 g/mol. The maximum atomic E-state index is 12.9. The van der Waals surface area contributed by atoms with Gasteiger partial charge in [0.05, 0.1) is 42.2 Å². The monoisotopic (exact) mass is 834 g/mol. The van der Waals surface area contributed by atoms with Gasteiger partial charge < -0.3 is 44.8 Å². The minimum atomic E-state index is -0.975. The Hall–Kier alpha value is -7.50. The number of fused-ring (bicyclic) bond motifs is 2. The Kier molecular flexibility index (Phi) is 19.0. The Bertz CT molecular complexity index is 2330. The second-order valence-electron chi connectivity index (χ2n) is 13.0. The second-order valence-corrected chi connectivity index (χ2v) is 13.0. The number of nitrogens with zero attached hydrogens (tertiary/aromatic N) is 5. The molecule has 0 atom stereocenters. The number of hydrogen-bond donors (Lipinski definition) is 6. The van der Waals surface area contributed by atoms with Gasteiger partial charge in [-0.2, -0.15) is 10.2 Å². The van der Waals surface area contributed by atoms with E-state index in [1.54, 1.807) is 13.1 Å². The number of anilines is 2. The van der Waals surface area contributed by atoms with Gasteiger partial charge in [0.25, 0.3) is 5.91 Å². The van der Waals surface area contributed by atoms with Gasteiger partial charge in [0.1, 0.15) is 13.2 Å². The second kappa shape index (κ2) is 25.1. The van der Waals surface area contributed by atoms with Crippen LogP contribution in [0.4, 0.5) is 21.0 Å². The van der Waals surface area contributed by atoms with Crippen molar-refractivity contribution in [3.63, 3.8) is 0 Å². The number of carboxylic acids is 1. The maximum absolute atomic E-state index is 12.9. The van der Waals surface area contributed by atoms with Gasteiger partial charge in [-0.25, -0.2) is 14.4 Å². The largest absolute Gasteiger partial charge is 0.478 e. The number of aliphatic hydroxyl groups excluding tert-OH is 2. The van der Waals surface area contributed by atoms with Crippen molar-refractivity contribution < 1.29 is 44.0 Å². The molecule has 0 spiro atoms. The third-order valence-corrected chi connectivity index (χ3v) is 8.57. The number of carbonyl (C=O) groups is 4. The van der Waals surface area contributed by atoms with Crippen LogP contribution in [0.1, 0.15) is 11.4 Å². The third kappa shape index (κ3) is 15.3. The number of ether oxygens (including phenoxy) is 2. The number of H-pyrrole nitrogens is 2. The number of likely N-dealkylation sites (N-methyl/N-ethyl adjacent to an activating group) is 2. The topological polar surface area (TPSA) is 227 Å². The van der Waals surface area contributed by atoms with Gasteiger partial charge in [0.2, 0.25) is 0 Å². The van der Waals surface area contributed by atoms with Crippen molar-refractivity contribution in [2.24, 2.45) is 0 Å². The normalized spacial score (nSPS) is 10.7. The predicted octanol–water partition coefficient (Wildman–Crippen LogP) is 5.49. The van der Waals surface area contributed by atoms with Crippen molar-refractivity contribution in [2.45, 2.75) is 0 Å². The fraction of sp³-hybridized carbons (Fsp3) is 0.227. The zero-order valence-corrected chi connectivity index (χ0v) is 33.9. The summed E-state index contributed by atoms with van der Waals surface area (Å²) in [6, 6.07) is 34.1. The molecule has 0 unspecified atom stereocenters. The molecule has 0 aliphatic carbocycles. The van der Waals surface area contributed by atoms with Crippen molar-refractivity contribution in [1.29, 1.82) is 0 Å². The van der Waals surface area contributed by atoms with Gasteiger partial charge in [-0.15, -0.1) is 0 Å². The molecule has 0 radical (unpaired) electrons. The standard InChI is InChI=1S/C22H24N4O4.C12H18N2O3.C10H8N2O2/c1-25(13-15-27)22(29)30-16-14-26(17-7-3-2-4-8-17)21(28)12-11-20-18-9-5-6-10-19(18)23-24-20;1-14(8-9-15)12(16)17-10-7-13-11-5-3-2-4-6-11;13-10(14)6-5-9-7-3-1-2-4-8(7)11-12-9/h2-12,27H,13-16H2,1H3,(H,23,24);2-6,13,15H,7-10H2,1H3;1-6H,(H,11,12)(H,13,14)/b12-11+;;6-5+. The van der Waals surface area contributed by atoms with Crippen molar-refractivity contribution in [3.8, 4) is 0 Å². The zero-order valence-electron chi connectivity index (χ0n) is 33.9. The maximum Gasteiger partial charge on any atom is 0.409 e. The number of aliphatic carboxylic acids is 1. The number of aliphatic hydroxyl groups is 2. The fourth-order valence-corrected chi connectivity index (χ4v) is 5.41. The first-order valence-electron chi connectivity index (χ1n) is 19.2. The van der Waals surface area contributed by atoms with Gasteiger partial charge >= 0.3 is 18.2 Å². The number of carbonyl (C=O) groups excluding carboxylic acids is 3. The molecule has 0 saturated heterocycles. The molecule has 4 aromatic carbocycles. The molecule has 2 heterocycles. The van der Waals surface area contributed by atoms with E-state index in [2.05, 4.69) is 25.7 Å². The van der Waals surface area contributed by atoms with Crippen LogP contribution in [-0.4, -0.2) is 136 Å². The first-order chi connectivity index (χ1) is 29.6. The highest BCUT2D eigenvalue weighted by Crippen LogP contribution is 2.19. The number of nitrogens with one attached hydrogen (secondary N) is 3. The SMILES string of the molecule is CN(CCO)C(=O)OCCN(C(=O)/C=C/c1n[nH]c2ccccc12)c1ccccc1.CN(CCO)C(=O)OCCNc1ccccc1.O=C(O)/C=C/c1n[nH]c2ccccc12. The van der Waals surface area contributed by atoms with Crippen LogP contribution in [0, 0.1) is 0 Å². The molecule has 6 N–H and O–H groups in total. The van der Waals surface area contributed by atoms with E-state index in [4.69, 9.17) is 24.8 Å². The summed E-state index contributed by atoms with van der Waals surface area (Å²) in [5.74, 6) is -1.23. The van der Waals surface area contributed by atoms with Gasteiger partial charge in [-0.3, -0.25) is 15.0 Å². The smallest absolute Gasteiger partial charge is 0.409 e. The summed E-state index contributed by atoms with van der Waals surface area (Å²) >= 11 is 0. The average molecular weight is 835 g/mol. The van der Waals surface area contributed by atoms with E-state index >= 15 is 0 Å². The molecule has 0 saturated carbocycles. The molecule has 0 aliphatic rings. The molecule has 17 nitrogen and oxygen atoms in total. The van der Waals surface area contributed by atoms with Gasteiger partial charge in [0, 0.05) is 68.0 Å². The van der Waals surface area contributed by atoms with Crippen LogP contribution in [0.5, 0.6) is 0 Å². The molecule has 17 heteroatoms. The number of amides is 3. The molecular formula is C44H50N8O9. The highest BCUT2D eigenvalue weighted by molar-refractivity contribution is 6.04. The lowest BCUT2D eigenvalue weighted by Crippen LogP contribution is -2.36. The van der Waals surface area contributed by atoms with Crippen LogP contribution in [0.2, 0.25) is 0 Å². The van der Waals surface area contributed by atoms with Crippen LogP contribution < -0.4 is 10.2 Å². The van der Waals surface area contributed by atoms with E-state index in [0.717, 1.165) is 33.6 Å². The minimum absolute atomic E-state index is 0.0222. The van der Waals surface area contributed by atoms with Gasteiger partial charge in [0.15, 0.2) is 0 Å². The van der Waals surface area contributed by atoms with Crippen LogP contribution >= 0.6 is 0 Å². The number of benzene rings is 4. The molecule has 0 aliphatic heterocycles. The van der Waals surface area contributed by atoms with Gasteiger partial charge in [-0.05, 0) is 48.6 Å². The Morgan fingerprint density at radius 3 is 1.64 bits per heavy atom. The summed E-state index contributed by atoms with van der Waals surface area (Å²) in [6.07, 6.45) is 4.69. The van der Waals surface area contributed by atoms with E-state index in [1.807, 2.05) is 109 Å².